The average Bonchev–Trinajstić information content (AvgIpc) is 3.06. The van der Waals surface area contributed by atoms with Gasteiger partial charge in [-0.3, -0.25) is 4.90 Å². The summed E-state index contributed by atoms with van der Waals surface area (Å²) < 4.78 is 26.5. The lowest BCUT2D eigenvalue weighted by atomic mass is 10.2. The van der Waals surface area contributed by atoms with E-state index in [-0.39, 0.29) is 17.5 Å². The van der Waals surface area contributed by atoms with Crippen molar-refractivity contribution in [1.29, 1.82) is 0 Å². The van der Waals surface area contributed by atoms with E-state index >= 15 is 0 Å². The summed E-state index contributed by atoms with van der Waals surface area (Å²) in [6.45, 7) is 1.31. The first-order valence-corrected chi connectivity index (χ1v) is 9.24. The minimum Gasteiger partial charge on any atom is -0.336 e. The average molecular weight is 355 g/mol. The Morgan fingerprint density at radius 2 is 1.80 bits per heavy atom. The maximum Gasteiger partial charge on any atom is 0.321 e. The highest BCUT2D eigenvalue weighted by molar-refractivity contribution is 7.89. The molecule has 3 rings (SSSR count). The molecular weight excluding hydrogens is 338 g/mol. The number of carbonyl (C=O) groups is 1. The normalized spacial score (nSPS) is 13.9. The van der Waals surface area contributed by atoms with E-state index in [1.165, 1.54) is 12.1 Å². The number of nitrogens with zero attached hydrogens (tertiary/aromatic N) is 1. The molecular formula is C18H17N3O3S. The van der Waals surface area contributed by atoms with Gasteiger partial charge >= 0.3 is 6.03 Å². The highest BCUT2D eigenvalue weighted by Gasteiger charge is 2.20. The van der Waals surface area contributed by atoms with Crippen molar-refractivity contribution in [2.24, 2.45) is 0 Å². The molecule has 2 aromatic rings. The number of amides is 2. The van der Waals surface area contributed by atoms with E-state index in [0.717, 1.165) is 11.3 Å². The van der Waals surface area contributed by atoms with Crippen molar-refractivity contribution in [3.8, 4) is 11.8 Å². The van der Waals surface area contributed by atoms with Crippen molar-refractivity contribution in [3.05, 3.63) is 60.2 Å². The van der Waals surface area contributed by atoms with Crippen molar-refractivity contribution >= 4 is 21.7 Å². The van der Waals surface area contributed by atoms with E-state index in [1.54, 1.807) is 35.2 Å². The highest BCUT2D eigenvalue weighted by Crippen LogP contribution is 2.16. The molecule has 1 heterocycles. The number of hydrogen-bond donors (Lipinski definition) is 2. The fourth-order valence-corrected chi connectivity index (χ4v) is 3.35. The van der Waals surface area contributed by atoms with Crippen LogP contribution in [0.2, 0.25) is 0 Å². The van der Waals surface area contributed by atoms with Gasteiger partial charge in [0.15, 0.2) is 0 Å². The predicted molar refractivity (Wildman–Crippen MR) is 95.7 cm³/mol. The molecule has 7 heteroatoms. The SMILES string of the molecule is O=C1NCCN1c1ccc(C#CCNS(=O)(=O)c2ccccc2)cc1. The standard InChI is InChI=1S/C18H17N3O3S/c22-18-19-13-14-21(18)16-10-8-15(9-11-16)5-4-12-20-25(23,24)17-6-2-1-3-7-17/h1-3,6-11,20H,12-14H2,(H,19,22). The van der Waals surface area contributed by atoms with Crippen LogP contribution in [-0.2, 0) is 10.0 Å². The van der Waals surface area contributed by atoms with Gasteiger partial charge in [-0.15, -0.1) is 0 Å². The number of sulfonamides is 1. The zero-order valence-corrected chi connectivity index (χ0v) is 14.2. The van der Waals surface area contributed by atoms with E-state index in [0.29, 0.717) is 13.1 Å². The second-order valence-electron chi connectivity index (χ2n) is 5.37. The minimum atomic E-state index is -3.54. The van der Waals surface area contributed by atoms with E-state index < -0.39 is 10.0 Å². The van der Waals surface area contributed by atoms with Gasteiger partial charge in [0.25, 0.3) is 0 Å². The molecule has 1 aliphatic heterocycles. The van der Waals surface area contributed by atoms with Gasteiger partial charge in [0, 0.05) is 24.3 Å². The summed E-state index contributed by atoms with van der Waals surface area (Å²) in [7, 11) is -3.54. The minimum absolute atomic E-state index is 0.0213. The summed E-state index contributed by atoms with van der Waals surface area (Å²) in [6.07, 6.45) is 0. The van der Waals surface area contributed by atoms with E-state index in [1.807, 2.05) is 12.1 Å². The Labute approximate surface area is 146 Å². The van der Waals surface area contributed by atoms with E-state index in [4.69, 9.17) is 0 Å². The fraction of sp³-hybridized carbons (Fsp3) is 0.167. The maximum atomic E-state index is 12.0. The van der Waals surface area contributed by atoms with Crippen molar-refractivity contribution < 1.29 is 13.2 Å². The second kappa shape index (κ2) is 7.38. The zero-order valence-electron chi connectivity index (χ0n) is 13.4. The monoisotopic (exact) mass is 355 g/mol. The molecule has 0 aromatic heterocycles. The third-order valence-corrected chi connectivity index (χ3v) is 5.09. The van der Waals surface area contributed by atoms with Crippen LogP contribution in [0.25, 0.3) is 0 Å². The number of carbonyl (C=O) groups excluding carboxylic acids is 1. The van der Waals surface area contributed by atoms with Crippen LogP contribution in [0, 0.1) is 11.8 Å². The molecule has 25 heavy (non-hydrogen) atoms. The summed E-state index contributed by atoms with van der Waals surface area (Å²) >= 11 is 0. The van der Waals surface area contributed by atoms with Crippen molar-refractivity contribution in [1.82, 2.24) is 10.0 Å². The van der Waals surface area contributed by atoms with Crippen LogP contribution in [0.5, 0.6) is 0 Å². The lowest BCUT2D eigenvalue weighted by molar-refractivity contribution is 0.252. The Morgan fingerprint density at radius 1 is 1.08 bits per heavy atom. The number of rotatable bonds is 4. The second-order valence-corrected chi connectivity index (χ2v) is 7.14. The summed E-state index contributed by atoms with van der Waals surface area (Å²) in [5.74, 6) is 5.69. The molecule has 0 unspecified atom stereocenters. The molecule has 0 spiro atoms. The first-order chi connectivity index (χ1) is 12.1. The summed E-state index contributed by atoms with van der Waals surface area (Å²) in [4.78, 5) is 13.5. The molecule has 1 saturated heterocycles. The molecule has 128 valence electrons. The number of benzene rings is 2. The lowest BCUT2D eigenvalue weighted by Gasteiger charge is -2.13. The lowest BCUT2D eigenvalue weighted by Crippen LogP contribution is -2.27. The van der Waals surface area contributed by atoms with Gasteiger partial charge in [-0.2, -0.15) is 4.72 Å². The number of anilines is 1. The van der Waals surface area contributed by atoms with Gasteiger partial charge in [0.1, 0.15) is 0 Å². The highest BCUT2D eigenvalue weighted by atomic mass is 32.2. The Hall–Kier alpha value is -2.82. The molecule has 2 amide bonds. The molecule has 2 aromatic carbocycles. The van der Waals surface area contributed by atoms with Gasteiger partial charge in [-0.05, 0) is 36.4 Å². The molecule has 6 nitrogen and oxygen atoms in total. The first kappa shape index (κ1) is 17.0. The molecule has 0 saturated carbocycles. The van der Waals surface area contributed by atoms with Gasteiger partial charge < -0.3 is 5.32 Å². The van der Waals surface area contributed by atoms with Gasteiger partial charge in [0.2, 0.25) is 10.0 Å². The molecule has 0 bridgehead atoms. The molecule has 1 aliphatic rings. The van der Waals surface area contributed by atoms with E-state index in [2.05, 4.69) is 21.9 Å². The Bertz CT molecular complexity index is 914. The topological polar surface area (TPSA) is 78.5 Å². The molecule has 0 radical (unpaired) electrons. The fourth-order valence-electron chi connectivity index (χ4n) is 2.40. The van der Waals surface area contributed by atoms with Crippen LogP contribution >= 0.6 is 0 Å². The zero-order chi connectivity index (χ0) is 17.7. The van der Waals surface area contributed by atoms with Crippen LogP contribution in [0.15, 0.2) is 59.5 Å². The van der Waals surface area contributed by atoms with E-state index in [9.17, 15) is 13.2 Å². The number of urea groups is 1. The number of hydrogen-bond acceptors (Lipinski definition) is 3. The predicted octanol–water partition coefficient (Wildman–Crippen LogP) is 1.55. The largest absolute Gasteiger partial charge is 0.336 e. The third-order valence-electron chi connectivity index (χ3n) is 3.67. The summed E-state index contributed by atoms with van der Waals surface area (Å²) in [6, 6.07) is 15.3. The molecule has 1 fully saturated rings. The number of nitrogens with one attached hydrogen (secondary N) is 2. The van der Waals surface area contributed by atoms with Gasteiger partial charge in [-0.1, -0.05) is 30.0 Å². The Kier molecular flexibility index (Phi) is 5.03. The van der Waals surface area contributed by atoms with Crippen LogP contribution in [-0.4, -0.2) is 34.1 Å². The van der Waals surface area contributed by atoms with Gasteiger partial charge in [0.05, 0.1) is 11.4 Å². The smallest absolute Gasteiger partial charge is 0.321 e. The summed E-state index contributed by atoms with van der Waals surface area (Å²) in [5.41, 5.74) is 1.56. The molecule has 0 atom stereocenters. The van der Waals surface area contributed by atoms with Crippen LogP contribution in [0.1, 0.15) is 5.56 Å². The molecule has 0 aliphatic carbocycles. The van der Waals surface area contributed by atoms with Crippen LogP contribution in [0.4, 0.5) is 10.5 Å². The maximum absolute atomic E-state index is 12.0. The van der Waals surface area contributed by atoms with Gasteiger partial charge in [-0.25, -0.2) is 13.2 Å². The Balaban J connectivity index is 1.60. The third kappa shape index (κ3) is 4.18. The quantitative estimate of drug-likeness (QED) is 0.817. The van der Waals surface area contributed by atoms with Crippen molar-refractivity contribution in [2.75, 3.05) is 24.5 Å². The summed E-state index contributed by atoms with van der Waals surface area (Å²) in [5, 5.41) is 2.75. The van der Waals surface area contributed by atoms with Crippen LogP contribution < -0.4 is 14.9 Å². The van der Waals surface area contributed by atoms with Crippen molar-refractivity contribution in [2.45, 2.75) is 4.90 Å². The van der Waals surface area contributed by atoms with Crippen molar-refractivity contribution in [3.63, 3.8) is 0 Å². The first-order valence-electron chi connectivity index (χ1n) is 7.75. The molecule has 2 N–H and O–H groups in total. The Morgan fingerprint density at radius 3 is 2.44 bits per heavy atom. The van der Waals surface area contributed by atoms with Crippen LogP contribution in [0.3, 0.4) is 0 Å².